The van der Waals surface area contributed by atoms with Gasteiger partial charge in [0.25, 0.3) is 0 Å². The summed E-state index contributed by atoms with van der Waals surface area (Å²) in [6, 6.07) is 46.4. The molecular formula is C60H56FGeIrN5O-2. The van der Waals surface area contributed by atoms with Crippen LogP contribution in [0.5, 0.6) is 0 Å². The molecule has 11 rings (SSSR count). The van der Waals surface area contributed by atoms with E-state index in [2.05, 4.69) is 178 Å². The Hall–Kier alpha value is -6.06. The van der Waals surface area contributed by atoms with E-state index in [0.29, 0.717) is 22.5 Å². The van der Waals surface area contributed by atoms with Crippen molar-refractivity contribution in [2.24, 2.45) is 5.41 Å². The van der Waals surface area contributed by atoms with Gasteiger partial charge in [0.1, 0.15) is 0 Å². The SMILES string of the molecule is Cc1ccc2ccc3nc(-c4[c-]ccc5c4oc4nc(C(C)C(C)(C)C)ccc45)n(-c4c(C(C)C)c5ccccc5c5ccccc45)c3c2n1.[2H]C([2H])([2H])c1cc(-c2[c-]cc(F)cc2)nc[c]1[Ge]([CH3])([CH3])[CH3].[Ir]. The molecule has 0 fully saturated rings. The van der Waals surface area contributed by atoms with Gasteiger partial charge in [0.05, 0.1) is 33.6 Å². The Morgan fingerprint density at radius 1 is 0.768 bits per heavy atom. The van der Waals surface area contributed by atoms with Crippen LogP contribution in [-0.4, -0.2) is 37.8 Å². The van der Waals surface area contributed by atoms with Crippen LogP contribution in [0.25, 0.3) is 93.9 Å². The van der Waals surface area contributed by atoms with Crippen molar-refractivity contribution < 1.29 is 33.0 Å². The molecule has 1 unspecified atom stereocenters. The van der Waals surface area contributed by atoms with E-state index in [4.69, 9.17) is 23.5 Å². The minimum absolute atomic E-state index is 0. The van der Waals surface area contributed by atoms with Gasteiger partial charge in [0.2, 0.25) is 5.71 Å². The Kier molecular flexibility index (Phi) is 11.8. The summed E-state index contributed by atoms with van der Waals surface area (Å²) in [5.41, 5.74) is 10.8. The summed E-state index contributed by atoms with van der Waals surface area (Å²) in [7, 11) is 0. The number of aromatic nitrogens is 5. The topological polar surface area (TPSA) is 69.6 Å². The normalized spacial score (nSPS) is 13.4. The van der Waals surface area contributed by atoms with Gasteiger partial charge in [0, 0.05) is 53.6 Å². The van der Waals surface area contributed by atoms with Crippen molar-refractivity contribution in [1.82, 2.24) is 24.5 Å². The Bertz CT molecular complexity index is 3870. The van der Waals surface area contributed by atoms with Crippen LogP contribution in [-0.2, 0) is 20.1 Å². The largest absolute Gasteiger partial charge is 0 e. The van der Waals surface area contributed by atoms with Gasteiger partial charge < -0.3 is 8.98 Å². The van der Waals surface area contributed by atoms with E-state index in [0.717, 1.165) is 71.2 Å². The second-order valence-electron chi connectivity index (χ2n) is 20.4. The summed E-state index contributed by atoms with van der Waals surface area (Å²) in [4.78, 5) is 20.0. The molecule has 1 atom stereocenters. The van der Waals surface area contributed by atoms with Crippen molar-refractivity contribution in [3.63, 3.8) is 0 Å². The molecule has 9 heteroatoms. The van der Waals surface area contributed by atoms with Gasteiger partial charge in [-0.3, -0.25) is 9.97 Å². The quantitative estimate of drug-likeness (QED) is 0.0943. The Balaban J connectivity index is 0.000000245. The van der Waals surface area contributed by atoms with E-state index < -0.39 is 20.1 Å². The predicted molar refractivity (Wildman–Crippen MR) is 284 cm³/mol. The van der Waals surface area contributed by atoms with Gasteiger partial charge in [-0.25, -0.2) is 4.98 Å². The van der Waals surface area contributed by atoms with Gasteiger partial charge in [-0.15, -0.1) is 18.2 Å². The summed E-state index contributed by atoms with van der Waals surface area (Å²) in [6.07, 6.45) is 1.67. The van der Waals surface area contributed by atoms with Gasteiger partial charge >= 0.3 is 114 Å². The van der Waals surface area contributed by atoms with E-state index in [-0.39, 0.29) is 43.2 Å². The number of furan rings is 1. The number of fused-ring (bicyclic) bond motifs is 9. The maximum absolute atomic E-state index is 13.0. The third-order valence-corrected chi connectivity index (χ3v) is 17.6. The second-order valence-corrected chi connectivity index (χ2v) is 31.0. The monoisotopic (exact) mass is 1150 g/mol. The fourth-order valence-corrected chi connectivity index (χ4v) is 12.2. The molecule has 11 aromatic rings. The minimum Gasteiger partial charge on any atom is 0 e. The van der Waals surface area contributed by atoms with E-state index in [9.17, 15) is 4.39 Å². The number of imidazole rings is 1. The van der Waals surface area contributed by atoms with Gasteiger partial charge in [-0.1, -0.05) is 113 Å². The molecule has 6 nitrogen and oxygen atoms in total. The van der Waals surface area contributed by atoms with E-state index in [1.54, 1.807) is 18.3 Å². The maximum Gasteiger partial charge on any atom is 0 e. The molecule has 0 aliphatic carbocycles. The van der Waals surface area contributed by atoms with E-state index in [1.807, 2.05) is 6.07 Å². The zero-order valence-electron chi connectivity index (χ0n) is 43.6. The molecule has 0 amide bonds. The number of aryl methyl sites for hydroxylation is 2. The molecular weight excluding hydrogens is 1090 g/mol. The van der Waals surface area contributed by atoms with Crippen molar-refractivity contribution in [1.29, 1.82) is 0 Å². The number of benzene rings is 6. The summed E-state index contributed by atoms with van der Waals surface area (Å²) in [6.45, 7) is 13.4. The van der Waals surface area contributed by atoms with Crippen LogP contribution in [0, 0.1) is 37.1 Å². The molecule has 0 aliphatic heterocycles. The van der Waals surface area contributed by atoms with Crippen molar-refractivity contribution in [3.8, 4) is 28.3 Å². The van der Waals surface area contributed by atoms with Crippen LogP contribution < -0.4 is 4.40 Å². The molecule has 6 aromatic carbocycles. The number of hydrogen-bond donors (Lipinski definition) is 0. The van der Waals surface area contributed by atoms with Gasteiger partial charge in [-0.2, -0.15) is 0 Å². The molecule has 1 radical (unpaired) electrons. The molecule has 0 saturated heterocycles. The summed E-state index contributed by atoms with van der Waals surface area (Å²) in [5.74, 6) is 7.27. The Morgan fingerprint density at radius 3 is 2.16 bits per heavy atom. The zero-order valence-corrected chi connectivity index (χ0v) is 45.1. The third-order valence-electron chi connectivity index (χ3n) is 13.4. The molecule has 0 spiro atoms. The average molecular weight is 1150 g/mol. The number of pyridine rings is 3. The molecule has 0 N–H and O–H groups in total. The summed E-state index contributed by atoms with van der Waals surface area (Å²) >= 11 is -2.34. The van der Waals surface area contributed by atoms with E-state index >= 15 is 0 Å². The first-order valence-corrected chi connectivity index (χ1v) is 30.7. The first-order valence-electron chi connectivity index (χ1n) is 24.8. The van der Waals surface area contributed by atoms with E-state index in [1.165, 1.54) is 39.2 Å². The number of halogens is 1. The van der Waals surface area contributed by atoms with Crippen molar-refractivity contribution in [3.05, 3.63) is 168 Å². The number of rotatable bonds is 6. The number of nitrogens with zero attached hydrogens (tertiary/aromatic N) is 5. The first-order chi connectivity index (χ1) is 33.7. The fraction of sp³-hybridized carbons (Fsp3) is 0.233. The van der Waals surface area contributed by atoms with Crippen LogP contribution >= 0.6 is 0 Å². The van der Waals surface area contributed by atoms with Crippen LogP contribution in [0.3, 0.4) is 0 Å². The van der Waals surface area contributed by atoms with Crippen LogP contribution in [0.15, 0.2) is 132 Å². The fourth-order valence-electron chi connectivity index (χ4n) is 9.45. The molecule has 0 saturated carbocycles. The predicted octanol–water partition coefficient (Wildman–Crippen LogP) is 15.8. The standard InChI is InChI=1S/C45H39N4O.C15H17FGeN.Ir/c1-25(2)38-31-15-10-8-13-29(31)30-14-9-11-16-32(30)40(38)49-41-37(23-21-28-20-19-26(3)46-39(28)41)47-43(49)35-18-12-17-33-34-22-24-36(27(4)45(5,6)7)48-44(34)50-42(33)35;1-11-9-15(12-5-7-13(16)8-6-12)18-10-14(11)17(2,3)4;/h8-17,19-25,27H,1-7H3;5,7-10H,1-4H3;/q2*-1;/i;1D3;. The van der Waals surface area contributed by atoms with Crippen molar-refractivity contribution >= 4 is 83.2 Å². The molecule has 69 heavy (non-hydrogen) atoms. The van der Waals surface area contributed by atoms with Crippen LogP contribution in [0.2, 0.25) is 17.3 Å². The van der Waals surface area contributed by atoms with Gasteiger partial charge in [0.15, 0.2) is 0 Å². The molecule has 5 heterocycles. The molecule has 0 aliphatic rings. The van der Waals surface area contributed by atoms with Gasteiger partial charge in [-0.05, 0) is 64.2 Å². The Morgan fingerprint density at radius 2 is 1.48 bits per heavy atom. The number of hydrogen-bond acceptors (Lipinski definition) is 5. The molecule has 349 valence electrons. The van der Waals surface area contributed by atoms with Crippen LogP contribution in [0.1, 0.15) is 80.0 Å². The van der Waals surface area contributed by atoms with Crippen molar-refractivity contribution in [2.45, 2.75) is 84.4 Å². The first kappa shape index (κ1) is 44.2. The third kappa shape index (κ3) is 8.70. The maximum atomic E-state index is 13.0. The Labute approximate surface area is 424 Å². The van der Waals surface area contributed by atoms with Crippen LogP contribution in [0.4, 0.5) is 4.39 Å². The summed E-state index contributed by atoms with van der Waals surface area (Å²) < 4.78 is 46.2. The smallest absolute Gasteiger partial charge is 0 e. The van der Waals surface area contributed by atoms with Crippen molar-refractivity contribution in [2.75, 3.05) is 0 Å². The molecule has 0 bridgehead atoms. The zero-order chi connectivity index (χ0) is 50.3. The average Bonchev–Trinajstić information content (AvgIpc) is 3.91. The minimum atomic E-state index is -2.34. The summed E-state index contributed by atoms with van der Waals surface area (Å²) in [5, 5.41) is 7.92. The molecule has 5 aromatic heterocycles. The second kappa shape index (κ2) is 18.4.